The number of hydrogen-bond donors (Lipinski definition) is 1. The lowest BCUT2D eigenvalue weighted by molar-refractivity contribution is -0.134. The number of amides is 1. The SMILES string of the molecule is COc1cc(C(=O)O[C@@H](C)C(=O)NC23CC4CC(CC(C4)C2)C3)cc2c1OCCO2. The van der Waals surface area contributed by atoms with E-state index in [0.29, 0.717) is 30.5 Å². The lowest BCUT2D eigenvalue weighted by atomic mass is 9.53. The maximum Gasteiger partial charge on any atom is 0.339 e. The molecular weight excluding hydrogens is 386 g/mol. The predicted molar refractivity (Wildman–Crippen MR) is 108 cm³/mol. The van der Waals surface area contributed by atoms with E-state index in [1.807, 2.05) is 0 Å². The molecule has 162 valence electrons. The van der Waals surface area contributed by atoms with Crippen LogP contribution in [-0.2, 0) is 9.53 Å². The van der Waals surface area contributed by atoms with Crippen molar-refractivity contribution < 1.29 is 28.5 Å². The Morgan fingerprint density at radius 2 is 1.70 bits per heavy atom. The second-order valence-corrected chi connectivity index (χ2v) is 9.44. The first-order chi connectivity index (χ1) is 14.4. The fraction of sp³-hybridized carbons (Fsp3) is 0.652. The number of carbonyl (C=O) groups excluding carboxylic acids is 2. The van der Waals surface area contributed by atoms with Gasteiger partial charge in [-0.05, 0) is 75.3 Å². The number of ether oxygens (including phenoxy) is 4. The molecule has 1 aromatic rings. The lowest BCUT2D eigenvalue weighted by Crippen LogP contribution is -2.61. The molecule has 4 aliphatic carbocycles. The summed E-state index contributed by atoms with van der Waals surface area (Å²) in [4.78, 5) is 25.6. The normalized spacial score (nSPS) is 31.7. The van der Waals surface area contributed by atoms with Crippen molar-refractivity contribution in [2.45, 2.75) is 57.1 Å². The van der Waals surface area contributed by atoms with Gasteiger partial charge < -0.3 is 24.3 Å². The van der Waals surface area contributed by atoms with Gasteiger partial charge in [-0.3, -0.25) is 4.79 Å². The molecular formula is C23H29NO6. The number of hydrogen-bond acceptors (Lipinski definition) is 6. The highest BCUT2D eigenvalue weighted by Crippen LogP contribution is 2.55. The smallest absolute Gasteiger partial charge is 0.339 e. The van der Waals surface area contributed by atoms with Gasteiger partial charge in [-0.2, -0.15) is 0 Å². The van der Waals surface area contributed by atoms with Crippen LogP contribution < -0.4 is 19.5 Å². The molecule has 7 heteroatoms. The highest BCUT2D eigenvalue weighted by Gasteiger charge is 2.51. The molecule has 0 saturated heterocycles. The van der Waals surface area contributed by atoms with Gasteiger partial charge in [-0.25, -0.2) is 4.79 Å². The number of rotatable bonds is 5. The van der Waals surface area contributed by atoms with E-state index in [2.05, 4.69) is 5.32 Å². The van der Waals surface area contributed by atoms with Crippen LogP contribution in [0.1, 0.15) is 55.8 Å². The Morgan fingerprint density at radius 3 is 2.33 bits per heavy atom. The zero-order chi connectivity index (χ0) is 20.9. The van der Waals surface area contributed by atoms with Gasteiger partial charge >= 0.3 is 5.97 Å². The summed E-state index contributed by atoms with van der Waals surface area (Å²) >= 11 is 0. The van der Waals surface area contributed by atoms with Crippen LogP contribution in [0.3, 0.4) is 0 Å². The summed E-state index contributed by atoms with van der Waals surface area (Å²) in [5.74, 6) is 2.74. The summed E-state index contributed by atoms with van der Waals surface area (Å²) in [6.45, 7) is 2.45. The van der Waals surface area contributed by atoms with E-state index in [9.17, 15) is 9.59 Å². The van der Waals surface area contributed by atoms with Gasteiger partial charge in [0.1, 0.15) is 13.2 Å². The first-order valence-electron chi connectivity index (χ1n) is 11.0. The fourth-order valence-electron chi connectivity index (χ4n) is 6.30. The van der Waals surface area contributed by atoms with E-state index in [1.54, 1.807) is 19.1 Å². The minimum absolute atomic E-state index is 0.104. The Bertz CT molecular complexity index is 813. The van der Waals surface area contributed by atoms with Crippen molar-refractivity contribution in [3.8, 4) is 17.2 Å². The second-order valence-electron chi connectivity index (χ2n) is 9.44. The van der Waals surface area contributed by atoms with Crippen molar-refractivity contribution in [3.63, 3.8) is 0 Å². The number of nitrogens with one attached hydrogen (secondary N) is 1. The molecule has 1 aliphatic heterocycles. The van der Waals surface area contributed by atoms with Crippen LogP contribution in [0.4, 0.5) is 0 Å². The standard InChI is InChI=1S/C23H29NO6/c1-13(21(25)24-23-10-14-5-15(11-23)7-16(6-14)12-23)30-22(26)17-8-18(27-2)20-19(9-17)28-3-4-29-20/h8-9,13-16H,3-7,10-12H2,1-2H3,(H,24,25)/t13-,14?,15?,16?,23?/m0/s1. The van der Waals surface area contributed by atoms with E-state index >= 15 is 0 Å². The molecule has 0 spiro atoms. The van der Waals surface area contributed by atoms with Gasteiger partial charge in [0, 0.05) is 5.54 Å². The Balaban J connectivity index is 1.26. The number of benzene rings is 1. The van der Waals surface area contributed by atoms with E-state index in [-0.39, 0.29) is 17.0 Å². The molecule has 0 aromatic heterocycles. The quantitative estimate of drug-likeness (QED) is 0.744. The van der Waals surface area contributed by atoms with Crippen LogP contribution in [-0.4, -0.2) is 43.8 Å². The third-order valence-corrected chi connectivity index (χ3v) is 7.14. The van der Waals surface area contributed by atoms with Crippen molar-refractivity contribution in [1.29, 1.82) is 0 Å². The van der Waals surface area contributed by atoms with Crippen LogP contribution in [0.15, 0.2) is 12.1 Å². The molecule has 1 amide bonds. The van der Waals surface area contributed by atoms with Crippen molar-refractivity contribution in [1.82, 2.24) is 5.32 Å². The highest BCUT2D eigenvalue weighted by molar-refractivity contribution is 5.93. The molecule has 1 aromatic carbocycles. The molecule has 0 radical (unpaired) electrons. The first kappa shape index (κ1) is 19.5. The summed E-state index contributed by atoms with van der Waals surface area (Å²) in [5, 5.41) is 3.27. The first-order valence-corrected chi connectivity index (χ1v) is 11.0. The van der Waals surface area contributed by atoms with Crippen molar-refractivity contribution in [3.05, 3.63) is 17.7 Å². The maximum atomic E-state index is 12.9. The summed E-state index contributed by atoms with van der Waals surface area (Å²) < 4.78 is 22.0. The molecule has 30 heavy (non-hydrogen) atoms. The van der Waals surface area contributed by atoms with Gasteiger partial charge in [0.2, 0.25) is 5.75 Å². The molecule has 1 heterocycles. The Hall–Kier alpha value is -2.44. The maximum absolute atomic E-state index is 12.9. The van der Waals surface area contributed by atoms with Crippen LogP contribution in [0.2, 0.25) is 0 Å². The zero-order valence-electron chi connectivity index (χ0n) is 17.6. The molecule has 1 atom stereocenters. The van der Waals surface area contributed by atoms with E-state index < -0.39 is 12.1 Å². The molecule has 4 bridgehead atoms. The summed E-state index contributed by atoms with van der Waals surface area (Å²) in [5.41, 5.74) is 0.165. The van der Waals surface area contributed by atoms with E-state index in [1.165, 1.54) is 26.4 Å². The fourth-order valence-corrected chi connectivity index (χ4v) is 6.30. The number of esters is 1. The van der Waals surface area contributed by atoms with E-state index in [4.69, 9.17) is 18.9 Å². The zero-order valence-corrected chi connectivity index (χ0v) is 17.6. The second kappa shape index (κ2) is 7.36. The Morgan fingerprint density at radius 1 is 1.07 bits per heavy atom. The van der Waals surface area contributed by atoms with Gasteiger partial charge in [-0.15, -0.1) is 0 Å². The minimum atomic E-state index is -0.871. The van der Waals surface area contributed by atoms with Crippen molar-refractivity contribution >= 4 is 11.9 Å². The molecule has 1 N–H and O–H groups in total. The lowest BCUT2D eigenvalue weighted by Gasteiger charge is -2.57. The minimum Gasteiger partial charge on any atom is -0.493 e. The summed E-state index contributed by atoms with van der Waals surface area (Å²) in [6, 6.07) is 3.13. The average molecular weight is 415 g/mol. The predicted octanol–water partition coefficient (Wildman–Crippen LogP) is 3.10. The molecule has 5 aliphatic rings. The average Bonchev–Trinajstić information content (AvgIpc) is 2.71. The van der Waals surface area contributed by atoms with Crippen LogP contribution in [0, 0.1) is 17.8 Å². The van der Waals surface area contributed by atoms with Gasteiger partial charge in [0.25, 0.3) is 5.91 Å². The van der Waals surface area contributed by atoms with Crippen molar-refractivity contribution in [2.75, 3.05) is 20.3 Å². The summed E-state index contributed by atoms with van der Waals surface area (Å²) in [7, 11) is 1.50. The van der Waals surface area contributed by atoms with Crippen LogP contribution in [0.5, 0.6) is 17.2 Å². The van der Waals surface area contributed by atoms with Crippen molar-refractivity contribution in [2.24, 2.45) is 17.8 Å². The van der Waals surface area contributed by atoms with E-state index in [0.717, 1.165) is 37.0 Å². The van der Waals surface area contributed by atoms with Crippen LogP contribution in [0.25, 0.3) is 0 Å². The van der Waals surface area contributed by atoms with Gasteiger partial charge in [0.15, 0.2) is 17.6 Å². The topological polar surface area (TPSA) is 83.1 Å². The molecule has 4 saturated carbocycles. The molecule has 6 rings (SSSR count). The molecule has 4 fully saturated rings. The number of carbonyl (C=O) groups is 2. The Labute approximate surface area is 176 Å². The largest absolute Gasteiger partial charge is 0.493 e. The Kier molecular flexibility index (Phi) is 4.79. The number of fused-ring (bicyclic) bond motifs is 1. The van der Waals surface area contributed by atoms with Gasteiger partial charge in [0.05, 0.1) is 12.7 Å². The monoisotopic (exact) mass is 415 g/mol. The molecule has 7 nitrogen and oxygen atoms in total. The summed E-state index contributed by atoms with van der Waals surface area (Å²) in [6.07, 6.45) is 6.24. The molecule has 0 unspecified atom stereocenters. The third kappa shape index (κ3) is 3.48. The number of methoxy groups -OCH3 is 1. The highest BCUT2D eigenvalue weighted by atomic mass is 16.6. The van der Waals surface area contributed by atoms with Crippen LogP contribution >= 0.6 is 0 Å². The van der Waals surface area contributed by atoms with Gasteiger partial charge in [-0.1, -0.05) is 0 Å². The third-order valence-electron chi connectivity index (χ3n) is 7.14.